The highest BCUT2D eigenvalue weighted by Crippen LogP contribution is 2.29. The molecule has 2 nitrogen and oxygen atoms in total. The summed E-state index contributed by atoms with van der Waals surface area (Å²) in [5.74, 6) is 3.94. The van der Waals surface area contributed by atoms with Gasteiger partial charge in [-0.15, -0.1) is 6.58 Å². The topological polar surface area (TPSA) is 23.5 Å². The van der Waals surface area contributed by atoms with Crippen molar-refractivity contribution >= 4 is 0 Å². The van der Waals surface area contributed by atoms with E-state index in [2.05, 4.69) is 45.2 Å². The van der Waals surface area contributed by atoms with Crippen LogP contribution in [0.4, 0.5) is 0 Å². The van der Waals surface area contributed by atoms with Gasteiger partial charge >= 0.3 is 0 Å². The van der Waals surface area contributed by atoms with Crippen LogP contribution in [0.15, 0.2) is 12.7 Å². The van der Waals surface area contributed by atoms with Crippen LogP contribution in [0.25, 0.3) is 0 Å². The van der Waals surface area contributed by atoms with Crippen LogP contribution in [0.5, 0.6) is 0 Å². The van der Waals surface area contributed by atoms with E-state index in [1.165, 1.54) is 58.0 Å². The average Bonchev–Trinajstić information content (AvgIpc) is 2.60. The third-order valence-corrected chi connectivity index (χ3v) is 6.45. The van der Waals surface area contributed by atoms with Crippen molar-refractivity contribution in [3.05, 3.63) is 12.7 Å². The van der Waals surface area contributed by atoms with E-state index in [1.54, 1.807) is 0 Å². The van der Waals surface area contributed by atoms with Crippen molar-refractivity contribution in [2.45, 2.75) is 79.1 Å². The summed E-state index contributed by atoms with van der Waals surface area (Å²) in [4.78, 5) is 2.67. The number of allylic oxidation sites excluding steroid dienone is 1. The summed E-state index contributed by atoms with van der Waals surface area (Å²) in [7, 11) is 0. The van der Waals surface area contributed by atoms with E-state index >= 15 is 0 Å². The molecular formula is C23H45NO. The van der Waals surface area contributed by atoms with E-state index in [0.717, 1.165) is 30.7 Å². The molecule has 0 aliphatic heterocycles. The predicted octanol–water partition coefficient (Wildman–Crippen LogP) is 5.76. The van der Waals surface area contributed by atoms with Crippen molar-refractivity contribution < 1.29 is 5.11 Å². The van der Waals surface area contributed by atoms with Gasteiger partial charge in [0.1, 0.15) is 0 Å². The van der Waals surface area contributed by atoms with Gasteiger partial charge in [0.05, 0.1) is 0 Å². The number of hydrogen-bond donors (Lipinski definition) is 1. The first-order valence-electron chi connectivity index (χ1n) is 11.0. The second kappa shape index (κ2) is 12.9. The average molecular weight is 352 g/mol. The molecule has 148 valence electrons. The molecule has 0 spiro atoms. The summed E-state index contributed by atoms with van der Waals surface area (Å²) in [6.07, 6.45) is 12.5. The molecule has 0 aromatic rings. The Morgan fingerprint density at radius 2 is 1.84 bits per heavy atom. The number of nitrogens with zero attached hydrogens (tertiary/aromatic N) is 1. The van der Waals surface area contributed by atoms with Crippen LogP contribution in [0.1, 0.15) is 79.1 Å². The van der Waals surface area contributed by atoms with Gasteiger partial charge < -0.3 is 10.0 Å². The van der Waals surface area contributed by atoms with E-state index in [0.29, 0.717) is 18.4 Å². The highest BCUT2D eigenvalue weighted by Gasteiger charge is 2.22. The molecule has 1 N–H and O–H groups in total. The summed E-state index contributed by atoms with van der Waals surface area (Å²) in [5.41, 5.74) is 0. The molecule has 1 saturated carbocycles. The molecule has 0 bridgehead atoms. The minimum absolute atomic E-state index is 0.320. The van der Waals surface area contributed by atoms with Crippen LogP contribution in [0.3, 0.4) is 0 Å². The number of rotatable bonds is 13. The molecule has 1 aliphatic rings. The van der Waals surface area contributed by atoms with Crippen LogP contribution >= 0.6 is 0 Å². The maximum absolute atomic E-state index is 9.28. The maximum Gasteiger partial charge on any atom is 0.0443 e. The van der Waals surface area contributed by atoms with Crippen LogP contribution in [0, 0.1) is 29.6 Å². The largest absolute Gasteiger partial charge is 0.396 e. The Morgan fingerprint density at radius 3 is 2.36 bits per heavy atom. The van der Waals surface area contributed by atoms with E-state index in [4.69, 9.17) is 0 Å². The Bertz CT molecular complexity index is 333. The number of aliphatic hydroxyl groups excluding tert-OH is 1. The third-order valence-electron chi connectivity index (χ3n) is 6.45. The Morgan fingerprint density at radius 1 is 1.16 bits per heavy atom. The fourth-order valence-electron chi connectivity index (χ4n) is 4.37. The van der Waals surface area contributed by atoms with Gasteiger partial charge in [0.2, 0.25) is 0 Å². The van der Waals surface area contributed by atoms with Gasteiger partial charge in [-0.3, -0.25) is 0 Å². The molecule has 1 aliphatic carbocycles. The third kappa shape index (κ3) is 9.24. The molecular weight excluding hydrogens is 306 g/mol. The van der Waals surface area contributed by atoms with Crippen molar-refractivity contribution in [2.24, 2.45) is 29.6 Å². The Kier molecular flexibility index (Phi) is 11.7. The highest BCUT2D eigenvalue weighted by molar-refractivity contribution is 4.82. The quantitative estimate of drug-likeness (QED) is 0.426. The second-order valence-electron chi connectivity index (χ2n) is 8.96. The molecule has 0 aromatic carbocycles. The molecule has 0 amide bonds. The predicted molar refractivity (Wildman–Crippen MR) is 111 cm³/mol. The number of aliphatic hydroxyl groups is 1. The zero-order valence-corrected chi connectivity index (χ0v) is 17.6. The van der Waals surface area contributed by atoms with E-state index < -0.39 is 0 Å². The molecule has 2 atom stereocenters. The minimum Gasteiger partial charge on any atom is -0.396 e. The molecule has 1 fully saturated rings. The molecule has 0 saturated heterocycles. The molecule has 25 heavy (non-hydrogen) atoms. The zero-order valence-electron chi connectivity index (χ0n) is 17.6. The van der Waals surface area contributed by atoms with E-state index in [1.807, 2.05) is 0 Å². The van der Waals surface area contributed by atoms with Gasteiger partial charge in [-0.2, -0.15) is 0 Å². The molecule has 0 radical (unpaired) electrons. The molecule has 0 aromatic heterocycles. The van der Waals surface area contributed by atoms with Gasteiger partial charge in [-0.05, 0) is 61.7 Å². The first kappa shape index (κ1) is 22.7. The highest BCUT2D eigenvalue weighted by atomic mass is 16.3. The van der Waals surface area contributed by atoms with Crippen LogP contribution in [-0.2, 0) is 0 Å². The minimum atomic E-state index is 0.320. The number of hydrogen-bond acceptors (Lipinski definition) is 2. The summed E-state index contributed by atoms with van der Waals surface area (Å²) in [6, 6.07) is 0. The van der Waals surface area contributed by atoms with Gasteiger partial charge in [-0.1, -0.05) is 53.0 Å². The SMILES string of the molecule is C=CC(CCC(CC)CN(CCCO)CC1CCC(C)CC1)C(C)C. The fraction of sp³-hybridized carbons (Fsp3) is 0.913. The normalized spacial score (nSPS) is 23.8. The second-order valence-corrected chi connectivity index (χ2v) is 8.96. The lowest BCUT2D eigenvalue weighted by Crippen LogP contribution is -2.36. The van der Waals surface area contributed by atoms with Crippen LogP contribution in [0.2, 0.25) is 0 Å². The lowest BCUT2D eigenvalue weighted by molar-refractivity contribution is 0.145. The standard InChI is InChI=1S/C23H45NO/c1-6-21(13-14-23(7-2)19(3)4)17-24(15-8-16-25)18-22-11-9-20(5)10-12-22/h7,19-23,25H,2,6,8-18H2,1,3-5H3. The lowest BCUT2D eigenvalue weighted by Gasteiger charge is -2.34. The van der Waals surface area contributed by atoms with E-state index in [-0.39, 0.29) is 0 Å². The van der Waals surface area contributed by atoms with Gasteiger partial charge in [-0.25, -0.2) is 0 Å². The fourth-order valence-corrected chi connectivity index (χ4v) is 4.37. The van der Waals surface area contributed by atoms with Gasteiger partial charge in [0, 0.05) is 26.2 Å². The summed E-state index contributed by atoms with van der Waals surface area (Å²) in [5, 5.41) is 9.28. The zero-order chi connectivity index (χ0) is 18.7. The smallest absolute Gasteiger partial charge is 0.0443 e. The van der Waals surface area contributed by atoms with Crippen molar-refractivity contribution in [1.29, 1.82) is 0 Å². The first-order chi connectivity index (χ1) is 12.0. The monoisotopic (exact) mass is 351 g/mol. The van der Waals surface area contributed by atoms with Crippen molar-refractivity contribution in [3.8, 4) is 0 Å². The molecule has 2 heteroatoms. The Labute approximate surface area is 158 Å². The van der Waals surface area contributed by atoms with Crippen molar-refractivity contribution in [3.63, 3.8) is 0 Å². The maximum atomic E-state index is 9.28. The molecule has 1 rings (SSSR count). The van der Waals surface area contributed by atoms with Gasteiger partial charge in [0.15, 0.2) is 0 Å². The summed E-state index contributed by atoms with van der Waals surface area (Å²) in [6.45, 7) is 17.2. The Hall–Kier alpha value is -0.340. The van der Waals surface area contributed by atoms with Crippen molar-refractivity contribution in [2.75, 3.05) is 26.2 Å². The van der Waals surface area contributed by atoms with E-state index in [9.17, 15) is 5.11 Å². The summed E-state index contributed by atoms with van der Waals surface area (Å²) >= 11 is 0. The van der Waals surface area contributed by atoms with Crippen LogP contribution < -0.4 is 0 Å². The van der Waals surface area contributed by atoms with Crippen LogP contribution in [-0.4, -0.2) is 36.2 Å². The van der Waals surface area contributed by atoms with Gasteiger partial charge in [0.25, 0.3) is 0 Å². The summed E-state index contributed by atoms with van der Waals surface area (Å²) < 4.78 is 0. The molecule has 0 heterocycles. The lowest BCUT2D eigenvalue weighted by atomic mass is 9.82. The van der Waals surface area contributed by atoms with Crippen molar-refractivity contribution in [1.82, 2.24) is 4.90 Å². The first-order valence-corrected chi connectivity index (χ1v) is 11.0. The Balaban J connectivity index is 2.50. The molecule has 2 unspecified atom stereocenters.